The molecule has 2 fully saturated rings. The van der Waals surface area contributed by atoms with Gasteiger partial charge in [0.25, 0.3) is 0 Å². The quantitative estimate of drug-likeness (QED) is 0.245. The summed E-state index contributed by atoms with van der Waals surface area (Å²) in [5.41, 5.74) is 5.61. The number of aliphatic hydroxyl groups is 1. The summed E-state index contributed by atoms with van der Waals surface area (Å²) in [6, 6.07) is 20.2. The highest BCUT2D eigenvalue weighted by atomic mass is 79.9. The molecule has 1 amide bonds. The Morgan fingerprint density at radius 2 is 1.91 bits per heavy atom. The Bertz CT molecular complexity index is 1830. The zero-order valence-corrected chi connectivity index (χ0v) is 25.4. The van der Waals surface area contributed by atoms with Crippen LogP contribution in [0.25, 0.3) is 10.9 Å². The predicted octanol–water partition coefficient (Wildman–Crippen LogP) is 5.43. The lowest BCUT2D eigenvalue weighted by molar-refractivity contribution is -0.173. The van der Waals surface area contributed by atoms with E-state index in [-0.39, 0.29) is 23.0 Å². The number of rotatable bonds is 6. The summed E-state index contributed by atoms with van der Waals surface area (Å²) in [5, 5.41) is 28.8. The van der Waals surface area contributed by atoms with Crippen LogP contribution in [0, 0.1) is 5.92 Å². The zero-order valence-electron chi connectivity index (χ0n) is 23.9. The molecule has 1 aromatic heterocycles. The fourth-order valence-corrected chi connectivity index (χ4v) is 9.25. The lowest BCUT2D eigenvalue weighted by Gasteiger charge is -2.63. The van der Waals surface area contributed by atoms with Crippen LogP contribution in [0.4, 0.5) is 5.69 Å². The molecule has 3 aromatic carbocycles. The Morgan fingerprint density at radius 3 is 2.74 bits per heavy atom. The predicted molar refractivity (Wildman–Crippen MR) is 168 cm³/mol. The fourth-order valence-electron chi connectivity index (χ4n) is 9.11. The third-order valence-corrected chi connectivity index (χ3v) is 11.6. The van der Waals surface area contributed by atoms with Gasteiger partial charge in [-0.05, 0) is 73.0 Å². The molecule has 1 saturated heterocycles. The number of ether oxygens (including phenoxy) is 1. The second-order valence-electron chi connectivity index (χ2n) is 13.2. The third kappa shape index (κ3) is 3.46. The minimum atomic E-state index is -1.03. The van der Waals surface area contributed by atoms with Crippen molar-refractivity contribution in [3.05, 3.63) is 88.6 Å². The van der Waals surface area contributed by atoms with Crippen molar-refractivity contribution in [2.24, 2.45) is 5.92 Å². The fraction of sp³-hybridized carbons (Fsp3) is 0.400. The number of halogens is 1. The molecule has 8 heteroatoms. The van der Waals surface area contributed by atoms with E-state index in [0.717, 1.165) is 70.8 Å². The highest BCUT2D eigenvalue weighted by Gasteiger charge is 2.73. The molecule has 220 valence electrons. The van der Waals surface area contributed by atoms with Crippen LogP contribution in [0.2, 0.25) is 0 Å². The lowest BCUT2D eigenvalue weighted by atomic mass is 9.49. The third-order valence-electron chi connectivity index (χ3n) is 11.1. The number of amides is 1. The molecule has 4 atom stereocenters. The number of piperidine rings is 1. The van der Waals surface area contributed by atoms with Gasteiger partial charge in [0, 0.05) is 41.2 Å². The van der Waals surface area contributed by atoms with Gasteiger partial charge in [-0.25, -0.2) is 0 Å². The van der Waals surface area contributed by atoms with Crippen LogP contribution in [0.15, 0.2) is 60.7 Å². The van der Waals surface area contributed by atoms with Gasteiger partial charge in [-0.15, -0.1) is 0 Å². The van der Waals surface area contributed by atoms with Crippen molar-refractivity contribution < 1.29 is 19.7 Å². The van der Waals surface area contributed by atoms with Crippen LogP contribution in [0.3, 0.4) is 0 Å². The maximum Gasteiger partial charge on any atom is 0.235 e. The first-order chi connectivity index (χ1) is 20.9. The summed E-state index contributed by atoms with van der Waals surface area (Å²) in [4.78, 5) is 14.9. The molecule has 3 aliphatic carbocycles. The number of nitrogens with one attached hydrogen (secondary N) is 1. The van der Waals surface area contributed by atoms with Crippen molar-refractivity contribution in [1.29, 1.82) is 0 Å². The summed E-state index contributed by atoms with van der Waals surface area (Å²) in [6.45, 7) is 2.49. The molecule has 3 heterocycles. The number of phenolic OH excluding ortho intramolecular Hbond substituents is 1. The Hall–Kier alpha value is -3.33. The minimum absolute atomic E-state index is 0.00797. The monoisotopic (exact) mass is 639 g/mol. The number of benzene rings is 3. The number of nitrogens with zero attached hydrogens (tertiary/aromatic N) is 2. The number of carbonyl (C=O) groups is 1. The van der Waals surface area contributed by atoms with Crippen LogP contribution in [0.1, 0.15) is 53.3 Å². The average Bonchev–Trinajstić information content (AvgIpc) is 3.69. The van der Waals surface area contributed by atoms with E-state index < -0.39 is 17.1 Å². The SMILES string of the molecule is O=C(CBr)Nc1ccccc1Cn1c2c(c3ccccc31)C[C@@]1(O)[C@H]3Cc4ccc(O)c5c4[C@@]1(CCN3CC1CC1)[C@H]2O5. The molecule has 2 bridgehead atoms. The molecule has 0 radical (unpaired) electrons. The first-order valence-electron chi connectivity index (χ1n) is 15.4. The van der Waals surface area contributed by atoms with Gasteiger partial charge in [-0.1, -0.05) is 58.4 Å². The largest absolute Gasteiger partial charge is 0.504 e. The van der Waals surface area contributed by atoms with Crippen LogP contribution < -0.4 is 10.1 Å². The van der Waals surface area contributed by atoms with Crippen LogP contribution >= 0.6 is 15.9 Å². The molecule has 1 spiro atoms. The molecule has 0 unspecified atom stereocenters. The van der Waals surface area contributed by atoms with Gasteiger partial charge < -0.3 is 24.8 Å². The molecule has 3 N–H and O–H groups in total. The molecule has 7 nitrogen and oxygen atoms in total. The molecular weight excluding hydrogens is 606 g/mol. The maximum atomic E-state index is 13.2. The van der Waals surface area contributed by atoms with Crippen LogP contribution in [0.5, 0.6) is 11.5 Å². The number of carbonyl (C=O) groups excluding carboxylic acids is 1. The summed E-state index contributed by atoms with van der Waals surface area (Å²) in [5.74, 6) is 1.33. The lowest BCUT2D eigenvalue weighted by Crippen LogP contribution is -2.74. The van der Waals surface area contributed by atoms with Gasteiger partial charge in [-0.2, -0.15) is 0 Å². The Balaban J connectivity index is 1.27. The standard InChI is InChI=1S/C35H34BrN3O4/c36-17-29(41)37-25-7-3-1-5-22(25)19-39-26-8-4-2-6-23(26)24-16-35(42)28-15-21-11-12-27(40)32-30(21)34(35,33(43-32)31(24)39)13-14-38(28)18-20-9-10-20/h1-8,11-12,20,28,33,40,42H,9-10,13-19H2,(H,37,41)/t28-,33+,34+,35-/m1/s1. The number of para-hydroxylation sites is 2. The van der Waals surface area contributed by atoms with Crippen molar-refractivity contribution in [1.82, 2.24) is 9.47 Å². The van der Waals surface area contributed by atoms with Crippen LogP contribution in [-0.2, 0) is 29.6 Å². The van der Waals surface area contributed by atoms with E-state index in [9.17, 15) is 15.0 Å². The maximum absolute atomic E-state index is 13.2. The van der Waals surface area contributed by atoms with Gasteiger partial charge in [-0.3, -0.25) is 9.69 Å². The summed E-state index contributed by atoms with van der Waals surface area (Å²) in [6.07, 6.45) is 4.20. The summed E-state index contributed by atoms with van der Waals surface area (Å²) >= 11 is 3.28. The molecule has 9 rings (SSSR count). The number of aromatic nitrogens is 1. The summed E-state index contributed by atoms with van der Waals surface area (Å²) in [7, 11) is 0. The van der Waals surface area contributed by atoms with E-state index >= 15 is 0 Å². The summed E-state index contributed by atoms with van der Waals surface area (Å²) < 4.78 is 9.26. The molecule has 43 heavy (non-hydrogen) atoms. The Morgan fingerprint density at radius 1 is 1.09 bits per heavy atom. The Kier molecular flexibility index (Phi) is 5.52. The molecule has 5 aliphatic rings. The second-order valence-corrected chi connectivity index (χ2v) is 13.8. The average molecular weight is 641 g/mol. The number of hydrogen-bond acceptors (Lipinski definition) is 5. The zero-order chi connectivity index (χ0) is 29.1. The van der Waals surface area contributed by atoms with Gasteiger partial charge in [0.05, 0.1) is 28.6 Å². The second kappa shape index (κ2) is 9.10. The normalized spacial score (nSPS) is 28.3. The molecular formula is C35H34BrN3O4. The van der Waals surface area contributed by atoms with Crippen molar-refractivity contribution >= 4 is 38.4 Å². The van der Waals surface area contributed by atoms with Crippen LogP contribution in [-0.4, -0.2) is 55.6 Å². The molecule has 2 aliphatic heterocycles. The van der Waals surface area contributed by atoms with Gasteiger partial charge >= 0.3 is 0 Å². The highest BCUT2D eigenvalue weighted by Crippen LogP contribution is 2.69. The van der Waals surface area contributed by atoms with Gasteiger partial charge in [0.15, 0.2) is 17.6 Å². The number of phenols is 1. The number of fused-ring (bicyclic) bond motifs is 4. The van der Waals surface area contributed by atoms with Gasteiger partial charge in [0.2, 0.25) is 5.91 Å². The van der Waals surface area contributed by atoms with E-state index in [1.54, 1.807) is 6.07 Å². The van der Waals surface area contributed by atoms with E-state index in [2.05, 4.69) is 67.1 Å². The van der Waals surface area contributed by atoms with E-state index in [0.29, 0.717) is 18.7 Å². The molecule has 4 aromatic rings. The number of alkyl halides is 1. The smallest absolute Gasteiger partial charge is 0.235 e. The van der Waals surface area contributed by atoms with Gasteiger partial charge in [0.1, 0.15) is 0 Å². The number of anilines is 1. The first-order valence-corrected chi connectivity index (χ1v) is 16.6. The van der Waals surface area contributed by atoms with E-state index in [4.69, 9.17) is 4.74 Å². The molecule has 1 saturated carbocycles. The topological polar surface area (TPSA) is 87.0 Å². The number of aromatic hydroxyl groups is 1. The minimum Gasteiger partial charge on any atom is -0.504 e. The van der Waals surface area contributed by atoms with E-state index in [1.807, 2.05) is 18.2 Å². The van der Waals surface area contributed by atoms with E-state index in [1.165, 1.54) is 18.4 Å². The van der Waals surface area contributed by atoms with Crippen molar-refractivity contribution in [2.75, 3.05) is 23.7 Å². The van der Waals surface area contributed by atoms with Crippen molar-refractivity contribution in [3.8, 4) is 11.5 Å². The van der Waals surface area contributed by atoms with Crippen molar-refractivity contribution in [3.63, 3.8) is 0 Å². The number of likely N-dealkylation sites (tertiary alicyclic amines) is 1. The Labute approximate surface area is 258 Å². The van der Waals surface area contributed by atoms with Crippen molar-refractivity contribution in [2.45, 2.75) is 61.8 Å². The first kappa shape index (κ1) is 26.1. The number of hydrogen-bond donors (Lipinski definition) is 3. The highest BCUT2D eigenvalue weighted by molar-refractivity contribution is 9.09.